The molecule has 0 unspecified atom stereocenters. The third kappa shape index (κ3) is 5.09. The molecule has 0 bridgehead atoms. The first-order valence-electron chi connectivity index (χ1n) is 13.5. The molecule has 1 saturated carbocycles. The van der Waals surface area contributed by atoms with Crippen molar-refractivity contribution >= 4 is 23.1 Å². The highest BCUT2D eigenvalue weighted by molar-refractivity contribution is 6.01. The molecule has 0 saturated heterocycles. The van der Waals surface area contributed by atoms with E-state index in [9.17, 15) is 9.59 Å². The summed E-state index contributed by atoms with van der Waals surface area (Å²) in [5.41, 5.74) is 5.45. The van der Waals surface area contributed by atoms with Gasteiger partial charge in [0.2, 0.25) is 0 Å². The molecule has 0 spiro atoms. The number of carbonyl (C=O) groups excluding carboxylic acids is 2. The Morgan fingerprint density at radius 1 is 0.923 bits per heavy atom. The Bertz CT molecular complexity index is 1440. The van der Waals surface area contributed by atoms with E-state index in [1.165, 1.54) is 0 Å². The van der Waals surface area contributed by atoms with Crippen molar-refractivity contribution in [3.8, 4) is 17.2 Å². The van der Waals surface area contributed by atoms with Crippen molar-refractivity contribution in [3.63, 3.8) is 0 Å². The standard InChI is InChI=1S/C32H32N2O5/c1-3-38-29-18-21(12-15-28(29)39-32(36)20-8-9-20)31-30-26(33-24-6-4-5-7-25(24)34-31)16-22(17-27(30)35)19-10-13-23(37-2)14-11-19/h4-7,10-15,18,20,22,31,33-34H,3,8-9,16-17H2,1-2H3/t22-,31+/m0/s1. The molecule has 1 fully saturated rings. The van der Waals surface area contributed by atoms with Crippen molar-refractivity contribution in [3.05, 3.63) is 89.1 Å². The van der Waals surface area contributed by atoms with Crippen LogP contribution in [-0.4, -0.2) is 25.5 Å². The van der Waals surface area contributed by atoms with Crippen LogP contribution in [0.1, 0.15) is 55.7 Å². The van der Waals surface area contributed by atoms with Crippen LogP contribution in [0.2, 0.25) is 0 Å². The lowest BCUT2D eigenvalue weighted by Gasteiger charge is -2.30. The van der Waals surface area contributed by atoms with Crippen molar-refractivity contribution in [1.29, 1.82) is 0 Å². The molecule has 3 aromatic rings. The quantitative estimate of drug-likeness (QED) is 0.274. The highest BCUT2D eigenvalue weighted by Crippen LogP contribution is 2.45. The third-order valence-electron chi connectivity index (χ3n) is 7.62. The molecule has 0 aromatic heterocycles. The Morgan fingerprint density at radius 2 is 1.67 bits per heavy atom. The van der Waals surface area contributed by atoms with E-state index in [4.69, 9.17) is 14.2 Å². The number of rotatable bonds is 7. The number of fused-ring (bicyclic) bond motifs is 1. The molecule has 39 heavy (non-hydrogen) atoms. The van der Waals surface area contributed by atoms with Crippen LogP contribution in [0, 0.1) is 5.92 Å². The molecule has 1 heterocycles. The molecular weight excluding hydrogens is 492 g/mol. The summed E-state index contributed by atoms with van der Waals surface area (Å²) < 4.78 is 16.9. The van der Waals surface area contributed by atoms with Gasteiger partial charge >= 0.3 is 5.97 Å². The van der Waals surface area contributed by atoms with Gasteiger partial charge in [0.15, 0.2) is 17.3 Å². The number of hydrogen-bond donors (Lipinski definition) is 2. The van der Waals surface area contributed by atoms with Gasteiger partial charge in [-0.05, 0) is 79.6 Å². The van der Waals surface area contributed by atoms with Gasteiger partial charge in [0.05, 0.1) is 37.1 Å². The van der Waals surface area contributed by atoms with E-state index in [1.807, 2.05) is 67.6 Å². The maximum atomic E-state index is 13.9. The molecule has 3 aliphatic rings. The molecule has 6 rings (SSSR count). The molecule has 1 aliphatic heterocycles. The first-order chi connectivity index (χ1) is 19.0. The molecule has 0 amide bonds. The Hall–Kier alpha value is -4.26. The van der Waals surface area contributed by atoms with Crippen LogP contribution in [0.3, 0.4) is 0 Å². The van der Waals surface area contributed by atoms with Gasteiger partial charge in [-0.1, -0.05) is 30.3 Å². The second kappa shape index (κ2) is 10.5. The summed E-state index contributed by atoms with van der Waals surface area (Å²) in [6.07, 6.45) is 2.86. The zero-order valence-corrected chi connectivity index (χ0v) is 22.2. The number of ketones is 1. The number of Topliss-reactive ketones (excluding diaryl/α,β-unsaturated/α-hetero) is 1. The Kier molecular flexibility index (Phi) is 6.73. The van der Waals surface area contributed by atoms with Gasteiger partial charge < -0.3 is 24.8 Å². The van der Waals surface area contributed by atoms with Crippen LogP contribution < -0.4 is 24.8 Å². The summed E-state index contributed by atoms with van der Waals surface area (Å²) in [7, 11) is 1.65. The van der Waals surface area contributed by atoms with Gasteiger partial charge in [0.1, 0.15) is 5.75 Å². The van der Waals surface area contributed by atoms with E-state index in [1.54, 1.807) is 13.2 Å². The van der Waals surface area contributed by atoms with E-state index in [0.29, 0.717) is 30.9 Å². The predicted molar refractivity (Wildman–Crippen MR) is 149 cm³/mol. The van der Waals surface area contributed by atoms with Crippen molar-refractivity contribution < 1.29 is 23.8 Å². The maximum absolute atomic E-state index is 13.9. The summed E-state index contributed by atoms with van der Waals surface area (Å²) >= 11 is 0. The second-order valence-corrected chi connectivity index (χ2v) is 10.3. The van der Waals surface area contributed by atoms with E-state index >= 15 is 0 Å². The largest absolute Gasteiger partial charge is 0.497 e. The fourth-order valence-electron chi connectivity index (χ4n) is 5.42. The number of nitrogens with one attached hydrogen (secondary N) is 2. The number of methoxy groups -OCH3 is 1. The Labute approximate surface area is 228 Å². The van der Waals surface area contributed by atoms with Crippen LogP contribution >= 0.6 is 0 Å². The summed E-state index contributed by atoms with van der Waals surface area (Å²) in [4.78, 5) is 26.2. The number of ether oxygens (including phenoxy) is 3. The summed E-state index contributed by atoms with van der Waals surface area (Å²) in [5.74, 6) is 1.62. The third-order valence-corrected chi connectivity index (χ3v) is 7.62. The number of carbonyl (C=O) groups is 2. The summed E-state index contributed by atoms with van der Waals surface area (Å²) in [6.45, 7) is 2.32. The zero-order chi connectivity index (χ0) is 26.9. The minimum absolute atomic E-state index is 0.0172. The summed E-state index contributed by atoms with van der Waals surface area (Å²) in [5, 5.41) is 7.19. The molecule has 7 nitrogen and oxygen atoms in total. The zero-order valence-electron chi connectivity index (χ0n) is 22.2. The van der Waals surface area contributed by atoms with Crippen molar-refractivity contribution in [2.75, 3.05) is 24.4 Å². The highest BCUT2D eigenvalue weighted by atomic mass is 16.6. The van der Waals surface area contributed by atoms with Crippen molar-refractivity contribution in [2.45, 2.75) is 44.6 Å². The van der Waals surface area contributed by atoms with E-state index in [0.717, 1.165) is 52.4 Å². The number of allylic oxidation sites excluding steroid dienone is 1. The van der Waals surface area contributed by atoms with Crippen LogP contribution in [0.25, 0.3) is 0 Å². The van der Waals surface area contributed by atoms with Gasteiger partial charge in [-0.15, -0.1) is 0 Å². The maximum Gasteiger partial charge on any atom is 0.314 e. The van der Waals surface area contributed by atoms with E-state index in [-0.39, 0.29) is 23.6 Å². The first kappa shape index (κ1) is 25.0. The highest BCUT2D eigenvalue weighted by Gasteiger charge is 2.37. The molecule has 2 aliphatic carbocycles. The Balaban J connectivity index is 1.38. The SMILES string of the molecule is CCOc1cc([C@H]2Nc3ccccc3NC3=C2C(=O)C[C@@H](c2ccc(OC)cc2)C3)ccc1OC(=O)C1CC1. The minimum atomic E-state index is -0.396. The van der Waals surface area contributed by atoms with E-state index < -0.39 is 6.04 Å². The average molecular weight is 525 g/mol. The minimum Gasteiger partial charge on any atom is -0.497 e. The van der Waals surface area contributed by atoms with Crippen LogP contribution in [0.5, 0.6) is 17.2 Å². The number of anilines is 2. The lowest BCUT2D eigenvalue weighted by atomic mass is 9.78. The monoisotopic (exact) mass is 524 g/mol. The molecule has 3 aromatic carbocycles. The fourth-order valence-corrected chi connectivity index (χ4v) is 5.42. The van der Waals surface area contributed by atoms with Crippen LogP contribution in [-0.2, 0) is 9.59 Å². The molecule has 0 radical (unpaired) electrons. The average Bonchev–Trinajstić information content (AvgIpc) is 3.81. The van der Waals surface area contributed by atoms with Gasteiger partial charge in [-0.3, -0.25) is 9.59 Å². The van der Waals surface area contributed by atoms with Gasteiger partial charge in [0.25, 0.3) is 0 Å². The summed E-state index contributed by atoms with van der Waals surface area (Å²) in [6, 6.07) is 21.1. The molecule has 200 valence electrons. The topological polar surface area (TPSA) is 85.9 Å². The van der Waals surface area contributed by atoms with Crippen molar-refractivity contribution in [2.24, 2.45) is 5.92 Å². The number of hydrogen-bond acceptors (Lipinski definition) is 7. The molecule has 7 heteroatoms. The van der Waals surface area contributed by atoms with Gasteiger partial charge in [0, 0.05) is 17.7 Å². The van der Waals surface area contributed by atoms with Crippen LogP contribution in [0.4, 0.5) is 11.4 Å². The van der Waals surface area contributed by atoms with Crippen LogP contribution in [0.15, 0.2) is 78.0 Å². The number of esters is 1. The molecular formula is C32H32N2O5. The molecule has 2 atom stereocenters. The van der Waals surface area contributed by atoms with E-state index in [2.05, 4.69) is 10.6 Å². The number of benzene rings is 3. The Morgan fingerprint density at radius 3 is 2.38 bits per heavy atom. The smallest absolute Gasteiger partial charge is 0.314 e. The fraction of sp³-hybridized carbons (Fsp3) is 0.312. The first-order valence-corrected chi connectivity index (χ1v) is 13.5. The second-order valence-electron chi connectivity index (χ2n) is 10.3. The lowest BCUT2D eigenvalue weighted by molar-refractivity contribution is -0.135. The lowest BCUT2D eigenvalue weighted by Crippen LogP contribution is -2.27. The normalized spacial score (nSPS) is 20.1. The van der Waals surface area contributed by atoms with Crippen molar-refractivity contribution in [1.82, 2.24) is 0 Å². The molecule has 2 N–H and O–H groups in total. The van der Waals surface area contributed by atoms with Gasteiger partial charge in [-0.25, -0.2) is 0 Å². The number of para-hydroxylation sites is 2. The predicted octanol–water partition coefficient (Wildman–Crippen LogP) is 6.39. The van der Waals surface area contributed by atoms with Gasteiger partial charge in [-0.2, -0.15) is 0 Å².